The van der Waals surface area contributed by atoms with Gasteiger partial charge in [-0.2, -0.15) is 0 Å². The molecule has 0 saturated heterocycles. The van der Waals surface area contributed by atoms with Crippen LogP contribution in [0, 0.1) is 0 Å². The molecule has 0 aliphatic heterocycles. The van der Waals surface area contributed by atoms with Gasteiger partial charge in [-0.3, -0.25) is 0 Å². The minimum atomic E-state index is 0.113. The smallest absolute Gasteiger partial charge is 0.0265 e. The summed E-state index contributed by atoms with van der Waals surface area (Å²) in [5.74, 6) is 0. The molecule has 0 aliphatic carbocycles. The van der Waals surface area contributed by atoms with Crippen LogP contribution in [0.5, 0.6) is 0 Å². The maximum absolute atomic E-state index is 5.71. The maximum Gasteiger partial charge on any atom is 0.0265 e. The topological polar surface area (TPSA) is 26.0 Å². The summed E-state index contributed by atoms with van der Waals surface area (Å²) in [5.41, 5.74) is 6.87. The molecule has 1 unspecified atom stereocenters. The second-order valence-corrected chi connectivity index (χ2v) is 2.48. The van der Waals surface area contributed by atoms with Gasteiger partial charge in [0.25, 0.3) is 0 Å². The van der Waals surface area contributed by atoms with E-state index < -0.39 is 0 Å². The summed E-state index contributed by atoms with van der Waals surface area (Å²) in [5, 5.41) is 0. The summed E-state index contributed by atoms with van der Waals surface area (Å²) in [6.45, 7) is 5.96. The Kier molecular flexibility index (Phi) is 5.49. The molecule has 62 valence electrons. The summed E-state index contributed by atoms with van der Waals surface area (Å²) < 4.78 is 0. The second-order valence-electron chi connectivity index (χ2n) is 2.48. The summed E-state index contributed by atoms with van der Waals surface area (Å²) in [6, 6.07) is 0.113. The molecular weight excluding hydrogens is 134 g/mol. The van der Waals surface area contributed by atoms with Gasteiger partial charge in [-0.05, 0) is 26.3 Å². The summed E-state index contributed by atoms with van der Waals surface area (Å²) in [7, 11) is 0. The number of allylic oxidation sites excluding steroid dienone is 4. The Morgan fingerprint density at radius 1 is 1.27 bits per heavy atom. The zero-order valence-electron chi connectivity index (χ0n) is 7.54. The highest BCUT2D eigenvalue weighted by Crippen LogP contribution is 2.01. The molecule has 1 nitrogen and oxygen atoms in total. The maximum atomic E-state index is 5.71. The standard InChI is InChI=1S/C10H17N/c1-4-6-8-10(7-5-2)9(3)11/h4-9H,11H2,1-3H3/b6-4-,7-5-,10-8+. The molecule has 0 spiro atoms. The Bertz CT molecular complexity index is 173. The first-order chi connectivity index (χ1) is 5.22. The van der Waals surface area contributed by atoms with Crippen LogP contribution >= 0.6 is 0 Å². The van der Waals surface area contributed by atoms with Gasteiger partial charge in [-0.15, -0.1) is 0 Å². The molecule has 0 aromatic heterocycles. The van der Waals surface area contributed by atoms with Gasteiger partial charge in [0.05, 0.1) is 0 Å². The van der Waals surface area contributed by atoms with Crippen molar-refractivity contribution in [3.05, 3.63) is 36.0 Å². The molecular formula is C10H17N. The van der Waals surface area contributed by atoms with Crippen LogP contribution in [-0.4, -0.2) is 6.04 Å². The predicted octanol–water partition coefficient (Wildman–Crippen LogP) is 2.41. The normalized spacial score (nSPS) is 16.5. The van der Waals surface area contributed by atoms with Gasteiger partial charge in [0.15, 0.2) is 0 Å². The van der Waals surface area contributed by atoms with E-state index in [1.807, 2.05) is 51.2 Å². The molecule has 0 rings (SSSR count). The first-order valence-electron chi connectivity index (χ1n) is 3.93. The van der Waals surface area contributed by atoms with E-state index in [4.69, 9.17) is 5.73 Å². The molecule has 0 bridgehead atoms. The molecule has 1 heteroatoms. The molecule has 0 aromatic rings. The van der Waals surface area contributed by atoms with E-state index in [0.717, 1.165) is 5.57 Å². The number of nitrogens with two attached hydrogens (primary N) is 1. The number of rotatable bonds is 3. The third kappa shape index (κ3) is 4.57. The van der Waals surface area contributed by atoms with E-state index in [9.17, 15) is 0 Å². The lowest BCUT2D eigenvalue weighted by molar-refractivity contribution is 0.885. The van der Waals surface area contributed by atoms with Crippen LogP contribution in [0.4, 0.5) is 0 Å². The van der Waals surface area contributed by atoms with Crippen LogP contribution in [0.15, 0.2) is 36.0 Å². The van der Waals surface area contributed by atoms with E-state index in [-0.39, 0.29) is 6.04 Å². The zero-order valence-corrected chi connectivity index (χ0v) is 7.54. The van der Waals surface area contributed by atoms with E-state index in [1.54, 1.807) is 0 Å². The highest BCUT2D eigenvalue weighted by Gasteiger charge is 1.95. The minimum absolute atomic E-state index is 0.113. The lowest BCUT2D eigenvalue weighted by Gasteiger charge is -2.04. The van der Waals surface area contributed by atoms with Gasteiger partial charge in [0, 0.05) is 6.04 Å². The molecule has 0 amide bonds. The third-order valence-corrected chi connectivity index (χ3v) is 1.37. The molecule has 0 aliphatic rings. The second kappa shape index (κ2) is 5.93. The fourth-order valence-corrected chi connectivity index (χ4v) is 0.759. The van der Waals surface area contributed by atoms with Crippen molar-refractivity contribution in [2.24, 2.45) is 5.73 Å². The van der Waals surface area contributed by atoms with Crippen molar-refractivity contribution >= 4 is 0 Å². The van der Waals surface area contributed by atoms with Crippen LogP contribution in [0.2, 0.25) is 0 Å². The highest BCUT2D eigenvalue weighted by atomic mass is 14.6. The van der Waals surface area contributed by atoms with Gasteiger partial charge >= 0.3 is 0 Å². The van der Waals surface area contributed by atoms with Crippen molar-refractivity contribution in [3.63, 3.8) is 0 Å². The Balaban J connectivity index is 4.32. The summed E-state index contributed by atoms with van der Waals surface area (Å²) in [6.07, 6.45) is 10.1. The van der Waals surface area contributed by atoms with Gasteiger partial charge in [0.1, 0.15) is 0 Å². The predicted molar refractivity (Wildman–Crippen MR) is 51.4 cm³/mol. The minimum Gasteiger partial charge on any atom is -0.324 e. The van der Waals surface area contributed by atoms with Crippen molar-refractivity contribution < 1.29 is 0 Å². The van der Waals surface area contributed by atoms with Crippen LogP contribution in [0.3, 0.4) is 0 Å². The monoisotopic (exact) mass is 151 g/mol. The van der Waals surface area contributed by atoms with Gasteiger partial charge < -0.3 is 5.73 Å². The fraction of sp³-hybridized carbons (Fsp3) is 0.400. The summed E-state index contributed by atoms with van der Waals surface area (Å²) in [4.78, 5) is 0. The highest BCUT2D eigenvalue weighted by molar-refractivity contribution is 5.27. The van der Waals surface area contributed by atoms with Crippen molar-refractivity contribution in [2.75, 3.05) is 0 Å². The van der Waals surface area contributed by atoms with Crippen LogP contribution in [0.25, 0.3) is 0 Å². The Morgan fingerprint density at radius 3 is 2.27 bits per heavy atom. The molecule has 0 heterocycles. The van der Waals surface area contributed by atoms with E-state index in [2.05, 4.69) is 0 Å². The van der Waals surface area contributed by atoms with Crippen molar-refractivity contribution in [2.45, 2.75) is 26.8 Å². The molecule has 0 fully saturated rings. The molecule has 2 N–H and O–H groups in total. The van der Waals surface area contributed by atoms with E-state index >= 15 is 0 Å². The lowest BCUT2D eigenvalue weighted by Crippen LogP contribution is -2.16. The van der Waals surface area contributed by atoms with Crippen molar-refractivity contribution in [3.8, 4) is 0 Å². The van der Waals surface area contributed by atoms with Crippen LogP contribution in [-0.2, 0) is 0 Å². The Hall–Kier alpha value is -0.820. The van der Waals surface area contributed by atoms with E-state index in [1.165, 1.54) is 0 Å². The van der Waals surface area contributed by atoms with Crippen molar-refractivity contribution in [1.29, 1.82) is 0 Å². The van der Waals surface area contributed by atoms with Gasteiger partial charge in [-0.25, -0.2) is 0 Å². The summed E-state index contributed by atoms with van der Waals surface area (Å²) >= 11 is 0. The van der Waals surface area contributed by atoms with Gasteiger partial charge in [0.2, 0.25) is 0 Å². The first-order valence-corrected chi connectivity index (χ1v) is 3.93. The fourth-order valence-electron chi connectivity index (χ4n) is 0.759. The third-order valence-electron chi connectivity index (χ3n) is 1.37. The van der Waals surface area contributed by atoms with E-state index in [0.29, 0.717) is 0 Å². The molecule has 0 saturated carbocycles. The molecule has 1 atom stereocenters. The average molecular weight is 151 g/mol. The van der Waals surface area contributed by atoms with Crippen LogP contribution < -0.4 is 5.73 Å². The SMILES string of the molecule is C\C=C/C=C(\C=C/C)C(C)N. The largest absolute Gasteiger partial charge is 0.324 e. The average Bonchev–Trinajstić information content (AvgIpc) is 1.97. The zero-order chi connectivity index (χ0) is 8.69. The Morgan fingerprint density at radius 2 is 1.91 bits per heavy atom. The molecule has 0 radical (unpaired) electrons. The first kappa shape index (κ1) is 10.2. The van der Waals surface area contributed by atoms with Gasteiger partial charge in [-0.1, -0.05) is 30.4 Å². The lowest BCUT2D eigenvalue weighted by atomic mass is 10.1. The van der Waals surface area contributed by atoms with Crippen molar-refractivity contribution in [1.82, 2.24) is 0 Å². The molecule has 0 aromatic carbocycles. The Labute approximate surface area is 69.3 Å². The van der Waals surface area contributed by atoms with Crippen LogP contribution in [0.1, 0.15) is 20.8 Å². The quantitative estimate of drug-likeness (QED) is 0.616. The number of hydrogen-bond donors (Lipinski definition) is 1. The number of hydrogen-bond acceptors (Lipinski definition) is 1. The molecule has 11 heavy (non-hydrogen) atoms.